The fourth-order valence-electron chi connectivity index (χ4n) is 4.10. The van der Waals surface area contributed by atoms with Crippen molar-refractivity contribution in [3.05, 3.63) is 89.1 Å². The van der Waals surface area contributed by atoms with Gasteiger partial charge in [0.15, 0.2) is 0 Å². The standard InChI is InChI=1S/C24H21FN4O2S/c25-17-6-3-5-16(11-17)12-18-13-28-23(31-18)20-8-1-2-10-29(20)24(30)19-7-4-9-27-22(19)21-14-26-15-32-21/h3-7,9,11,13-15,20H,1-2,8,10,12H2. The predicted molar refractivity (Wildman–Crippen MR) is 119 cm³/mol. The van der Waals surface area contributed by atoms with Crippen LogP contribution in [0, 0.1) is 5.82 Å². The van der Waals surface area contributed by atoms with Crippen molar-refractivity contribution in [3.8, 4) is 10.6 Å². The minimum atomic E-state index is -0.278. The highest BCUT2D eigenvalue weighted by atomic mass is 32.1. The fourth-order valence-corrected chi connectivity index (χ4v) is 4.73. The molecule has 4 heterocycles. The molecule has 1 fully saturated rings. The number of carbonyl (C=O) groups is 1. The first-order valence-corrected chi connectivity index (χ1v) is 11.4. The van der Waals surface area contributed by atoms with Crippen LogP contribution in [-0.2, 0) is 6.42 Å². The largest absolute Gasteiger partial charge is 0.443 e. The van der Waals surface area contributed by atoms with E-state index in [1.165, 1.54) is 23.5 Å². The van der Waals surface area contributed by atoms with Crippen molar-refractivity contribution in [2.24, 2.45) is 0 Å². The Morgan fingerprint density at radius 3 is 2.97 bits per heavy atom. The predicted octanol–water partition coefficient (Wildman–Crippen LogP) is 5.29. The summed E-state index contributed by atoms with van der Waals surface area (Å²) in [6.07, 6.45) is 8.23. The van der Waals surface area contributed by atoms with Crippen LogP contribution in [0.25, 0.3) is 10.6 Å². The molecule has 1 saturated heterocycles. The SMILES string of the molecule is O=C(c1cccnc1-c1cncs1)N1CCCCC1c1ncc(Cc2cccc(F)c2)o1. The number of benzene rings is 1. The van der Waals surface area contributed by atoms with Gasteiger partial charge in [0.05, 0.1) is 27.8 Å². The molecule has 5 rings (SSSR count). The number of rotatable bonds is 5. The van der Waals surface area contributed by atoms with Crippen LogP contribution < -0.4 is 0 Å². The molecule has 0 aliphatic carbocycles. The second kappa shape index (κ2) is 9.00. The molecule has 1 aliphatic rings. The molecule has 0 radical (unpaired) electrons. The Morgan fingerprint density at radius 1 is 1.19 bits per heavy atom. The van der Waals surface area contributed by atoms with E-state index in [-0.39, 0.29) is 17.8 Å². The lowest BCUT2D eigenvalue weighted by Crippen LogP contribution is -2.39. The molecule has 1 amide bonds. The average Bonchev–Trinajstić information content (AvgIpc) is 3.51. The molecule has 1 atom stereocenters. The van der Waals surface area contributed by atoms with E-state index in [4.69, 9.17) is 4.42 Å². The zero-order chi connectivity index (χ0) is 21.9. The Morgan fingerprint density at radius 2 is 2.12 bits per heavy atom. The van der Waals surface area contributed by atoms with Crippen LogP contribution in [0.1, 0.15) is 52.9 Å². The van der Waals surface area contributed by atoms with Crippen LogP contribution in [0.15, 0.2) is 64.9 Å². The second-order valence-electron chi connectivity index (χ2n) is 7.75. The van der Waals surface area contributed by atoms with Gasteiger partial charge in [0.25, 0.3) is 5.91 Å². The van der Waals surface area contributed by atoms with Crippen molar-refractivity contribution < 1.29 is 13.6 Å². The summed E-state index contributed by atoms with van der Waals surface area (Å²) in [6, 6.07) is 9.78. The minimum absolute atomic E-state index is 0.0870. The van der Waals surface area contributed by atoms with E-state index in [1.807, 2.05) is 11.0 Å². The third-order valence-corrected chi connectivity index (χ3v) is 6.37. The third-order valence-electron chi connectivity index (χ3n) is 5.59. The number of amides is 1. The smallest absolute Gasteiger partial charge is 0.256 e. The maximum atomic E-state index is 13.6. The Kier molecular flexibility index (Phi) is 5.77. The van der Waals surface area contributed by atoms with Gasteiger partial charge in [-0.15, -0.1) is 11.3 Å². The number of oxazole rings is 1. The number of hydrogen-bond donors (Lipinski definition) is 0. The minimum Gasteiger partial charge on any atom is -0.443 e. The molecule has 1 aromatic carbocycles. The van der Waals surface area contributed by atoms with Gasteiger partial charge >= 0.3 is 0 Å². The van der Waals surface area contributed by atoms with Crippen LogP contribution >= 0.6 is 11.3 Å². The highest BCUT2D eigenvalue weighted by Gasteiger charge is 2.33. The number of carbonyl (C=O) groups excluding carboxylic acids is 1. The highest BCUT2D eigenvalue weighted by Crippen LogP contribution is 2.34. The molecule has 3 aromatic heterocycles. The Balaban J connectivity index is 1.41. The zero-order valence-electron chi connectivity index (χ0n) is 17.3. The first kappa shape index (κ1) is 20.5. The van der Waals surface area contributed by atoms with Crippen molar-refractivity contribution in [1.29, 1.82) is 0 Å². The third kappa shape index (κ3) is 4.18. The number of pyridine rings is 1. The van der Waals surface area contributed by atoms with Gasteiger partial charge in [-0.3, -0.25) is 14.8 Å². The van der Waals surface area contributed by atoms with Crippen molar-refractivity contribution >= 4 is 17.2 Å². The lowest BCUT2D eigenvalue weighted by molar-refractivity contribution is 0.0570. The van der Waals surface area contributed by atoms with Crippen molar-refractivity contribution in [1.82, 2.24) is 19.9 Å². The second-order valence-corrected chi connectivity index (χ2v) is 8.63. The topological polar surface area (TPSA) is 72.1 Å². The fraction of sp³-hybridized carbons (Fsp3) is 0.250. The van der Waals surface area contributed by atoms with Crippen molar-refractivity contribution in [2.45, 2.75) is 31.7 Å². The van der Waals surface area contributed by atoms with E-state index < -0.39 is 0 Å². The van der Waals surface area contributed by atoms with Crippen LogP contribution in [-0.4, -0.2) is 32.3 Å². The summed E-state index contributed by atoms with van der Waals surface area (Å²) in [5.41, 5.74) is 3.74. The maximum Gasteiger partial charge on any atom is 0.256 e. The molecule has 0 saturated carbocycles. The van der Waals surface area contributed by atoms with Crippen molar-refractivity contribution in [3.63, 3.8) is 0 Å². The summed E-state index contributed by atoms with van der Waals surface area (Å²) in [5.74, 6) is 0.804. The summed E-state index contributed by atoms with van der Waals surface area (Å²) in [7, 11) is 0. The maximum absolute atomic E-state index is 13.6. The van der Waals surface area contributed by atoms with Gasteiger partial charge in [-0.2, -0.15) is 0 Å². The molecule has 8 heteroatoms. The number of piperidine rings is 1. The lowest BCUT2D eigenvalue weighted by atomic mass is 10.00. The molecule has 0 spiro atoms. The summed E-state index contributed by atoms with van der Waals surface area (Å²) < 4.78 is 19.5. The average molecular weight is 449 g/mol. The van der Waals surface area contributed by atoms with Gasteiger partial charge in [-0.1, -0.05) is 12.1 Å². The van der Waals surface area contributed by atoms with Crippen molar-refractivity contribution in [2.75, 3.05) is 6.54 Å². The number of likely N-dealkylation sites (tertiary alicyclic amines) is 1. The van der Waals surface area contributed by atoms with E-state index in [1.54, 1.807) is 42.3 Å². The Labute approximate surface area is 188 Å². The van der Waals surface area contributed by atoms with Gasteiger partial charge in [-0.05, 0) is 49.1 Å². The quantitative estimate of drug-likeness (QED) is 0.415. The molecule has 162 valence electrons. The molecule has 32 heavy (non-hydrogen) atoms. The first-order valence-electron chi connectivity index (χ1n) is 10.5. The van der Waals surface area contributed by atoms with Crippen LogP contribution in [0.4, 0.5) is 4.39 Å². The summed E-state index contributed by atoms with van der Waals surface area (Å²) in [6.45, 7) is 0.627. The van der Waals surface area contributed by atoms with E-state index in [0.717, 1.165) is 29.7 Å². The van der Waals surface area contributed by atoms with Crippen LogP contribution in [0.3, 0.4) is 0 Å². The highest BCUT2D eigenvalue weighted by molar-refractivity contribution is 7.13. The molecule has 6 nitrogen and oxygen atoms in total. The molecular formula is C24H21FN4O2S. The Bertz CT molecular complexity index is 1220. The summed E-state index contributed by atoms with van der Waals surface area (Å²) in [4.78, 5) is 29.3. The zero-order valence-corrected chi connectivity index (χ0v) is 18.1. The molecule has 1 unspecified atom stereocenters. The van der Waals surface area contributed by atoms with Crippen LogP contribution in [0.5, 0.6) is 0 Å². The van der Waals surface area contributed by atoms with E-state index in [9.17, 15) is 9.18 Å². The number of halogens is 1. The number of hydrogen-bond acceptors (Lipinski definition) is 6. The molecule has 4 aromatic rings. The lowest BCUT2D eigenvalue weighted by Gasteiger charge is -2.34. The number of thiazole rings is 1. The Hall–Kier alpha value is -3.39. The van der Waals surface area contributed by atoms with E-state index >= 15 is 0 Å². The van der Waals surface area contributed by atoms with Gasteiger partial charge in [-0.25, -0.2) is 9.37 Å². The van der Waals surface area contributed by atoms with E-state index in [2.05, 4.69) is 15.0 Å². The van der Waals surface area contributed by atoms with Crippen LogP contribution in [0.2, 0.25) is 0 Å². The monoisotopic (exact) mass is 448 g/mol. The van der Waals surface area contributed by atoms with Gasteiger partial charge in [0.1, 0.15) is 17.6 Å². The molecule has 0 N–H and O–H groups in total. The molecular weight excluding hydrogens is 427 g/mol. The van der Waals surface area contributed by atoms with Gasteiger partial charge in [0.2, 0.25) is 5.89 Å². The molecule has 1 aliphatic heterocycles. The normalized spacial score (nSPS) is 16.3. The number of aromatic nitrogens is 3. The van der Waals surface area contributed by atoms with E-state index in [0.29, 0.717) is 35.9 Å². The summed E-state index contributed by atoms with van der Waals surface area (Å²) in [5, 5.41) is 0. The summed E-state index contributed by atoms with van der Waals surface area (Å²) >= 11 is 1.45. The number of nitrogens with zero attached hydrogens (tertiary/aromatic N) is 4. The van der Waals surface area contributed by atoms with Gasteiger partial charge in [0, 0.05) is 25.4 Å². The van der Waals surface area contributed by atoms with Gasteiger partial charge < -0.3 is 9.32 Å². The molecule has 0 bridgehead atoms. The first-order chi connectivity index (χ1) is 15.7.